The SMILES string of the molecule is C=C(CCC=CCO)[Si](C)(C)C. The molecule has 0 aliphatic rings. The Morgan fingerprint density at radius 2 is 1.92 bits per heavy atom. The lowest BCUT2D eigenvalue weighted by molar-refractivity contribution is 0.342. The number of aliphatic hydroxyl groups is 1. The van der Waals surface area contributed by atoms with Crippen LogP contribution in [0, 0.1) is 0 Å². The van der Waals surface area contributed by atoms with Crippen LogP contribution in [0.4, 0.5) is 0 Å². The minimum Gasteiger partial charge on any atom is -0.392 e. The zero-order valence-corrected chi connectivity index (χ0v) is 9.43. The van der Waals surface area contributed by atoms with Gasteiger partial charge in [0.1, 0.15) is 0 Å². The normalized spacial score (nSPS) is 12.3. The first-order valence-electron chi connectivity index (χ1n) is 4.42. The lowest BCUT2D eigenvalue weighted by Crippen LogP contribution is -2.22. The summed E-state index contributed by atoms with van der Waals surface area (Å²) in [5, 5.41) is 9.90. The van der Waals surface area contributed by atoms with Gasteiger partial charge in [0.15, 0.2) is 0 Å². The first-order valence-corrected chi connectivity index (χ1v) is 7.92. The number of hydrogen-bond acceptors (Lipinski definition) is 1. The van der Waals surface area contributed by atoms with Gasteiger partial charge in [-0.15, -0.1) is 6.58 Å². The molecule has 12 heavy (non-hydrogen) atoms. The van der Waals surface area contributed by atoms with Crippen LogP contribution < -0.4 is 0 Å². The Kier molecular flexibility index (Phi) is 5.18. The van der Waals surface area contributed by atoms with Crippen molar-refractivity contribution in [2.45, 2.75) is 32.5 Å². The van der Waals surface area contributed by atoms with Gasteiger partial charge in [0.2, 0.25) is 0 Å². The fraction of sp³-hybridized carbons (Fsp3) is 0.600. The van der Waals surface area contributed by atoms with Crippen molar-refractivity contribution >= 4 is 8.07 Å². The van der Waals surface area contributed by atoms with Gasteiger partial charge in [-0.05, 0) is 12.8 Å². The lowest BCUT2D eigenvalue weighted by Gasteiger charge is -2.18. The van der Waals surface area contributed by atoms with Crippen molar-refractivity contribution in [2.75, 3.05) is 6.61 Å². The molecular formula is C10H20OSi. The van der Waals surface area contributed by atoms with Gasteiger partial charge in [-0.3, -0.25) is 0 Å². The Morgan fingerprint density at radius 3 is 2.33 bits per heavy atom. The topological polar surface area (TPSA) is 20.2 Å². The third kappa shape index (κ3) is 5.33. The van der Waals surface area contributed by atoms with Crippen molar-refractivity contribution in [3.63, 3.8) is 0 Å². The minimum atomic E-state index is -1.11. The van der Waals surface area contributed by atoms with Gasteiger partial charge < -0.3 is 5.11 Å². The molecule has 0 aromatic heterocycles. The predicted molar refractivity (Wildman–Crippen MR) is 57.9 cm³/mol. The third-order valence-corrected chi connectivity index (χ3v) is 4.32. The molecule has 0 aromatic rings. The smallest absolute Gasteiger partial charge is 0.0716 e. The van der Waals surface area contributed by atoms with Crippen LogP contribution in [0.15, 0.2) is 23.9 Å². The van der Waals surface area contributed by atoms with Gasteiger partial charge in [-0.1, -0.05) is 37.0 Å². The maximum absolute atomic E-state index is 8.49. The van der Waals surface area contributed by atoms with Crippen molar-refractivity contribution in [1.29, 1.82) is 0 Å². The molecular weight excluding hydrogens is 164 g/mol. The number of rotatable bonds is 5. The van der Waals surface area contributed by atoms with Crippen molar-refractivity contribution in [3.8, 4) is 0 Å². The Labute approximate surface area is 76.8 Å². The number of aliphatic hydroxyl groups excluding tert-OH is 1. The second kappa shape index (κ2) is 5.33. The van der Waals surface area contributed by atoms with Crippen molar-refractivity contribution in [3.05, 3.63) is 23.9 Å². The lowest BCUT2D eigenvalue weighted by atomic mass is 10.3. The minimum absolute atomic E-state index is 0.152. The van der Waals surface area contributed by atoms with Crippen molar-refractivity contribution < 1.29 is 5.11 Å². The van der Waals surface area contributed by atoms with E-state index in [9.17, 15) is 0 Å². The fourth-order valence-electron chi connectivity index (χ4n) is 0.825. The monoisotopic (exact) mass is 184 g/mol. The summed E-state index contributed by atoms with van der Waals surface area (Å²) < 4.78 is 0. The summed E-state index contributed by atoms with van der Waals surface area (Å²) in [5.74, 6) is 0. The first kappa shape index (κ1) is 11.7. The summed E-state index contributed by atoms with van der Waals surface area (Å²) in [6.45, 7) is 11.2. The van der Waals surface area contributed by atoms with Gasteiger partial charge in [0, 0.05) is 0 Å². The average molecular weight is 184 g/mol. The molecule has 2 heteroatoms. The predicted octanol–water partition coefficient (Wildman–Crippen LogP) is 2.75. The van der Waals surface area contributed by atoms with E-state index in [1.54, 1.807) is 6.08 Å². The van der Waals surface area contributed by atoms with Crippen LogP contribution in [0.1, 0.15) is 12.8 Å². The van der Waals surface area contributed by atoms with Crippen LogP contribution in [-0.2, 0) is 0 Å². The Morgan fingerprint density at radius 1 is 1.33 bits per heavy atom. The van der Waals surface area contributed by atoms with Crippen LogP contribution in [0.2, 0.25) is 19.6 Å². The Hall–Kier alpha value is -0.343. The highest BCUT2D eigenvalue weighted by atomic mass is 28.3. The molecule has 0 amide bonds. The first-order chi connectivity index (χ1) is 5.48. The van der Waals surface area contributed by atoms with E-state index >= 15 is 0 Å². The molecule has 70 valence electrons. The molecule has 0 unspecified atom stereocenters. The van der Waals surface area contributed by atoms with E-state index in [4.69, 9.17) is 5.11 Å². The molecule has 1 nitrogen and oxygen atoms in total. The van der Waals surface area contributed by atoms with Crippen molar-refractivity contribution in [2.24, 2.45) is 0 Å². The quantitative estimate of drug-likeness (QED) is 0.514. The van der Waals surface area contributed by atoms with E-state index in [1.807, 2.05) is 6.08 Å². The second-order valence-electron chi connectivity index (χ2n) is 4.05. The zero-order valence-electron chi connectivity index (χ0n) is 8.43. The number of hydrogen-bond donors (Lipinski definition) is 1. The number of allylic oxidation sites excluding steroid dienone is 2. The summed E-state index contributed by atoms with van der Waals surface area (Å²) in [4.78, 5) is 0. The summed E-state index contributed by atoms with van der Waals surface area (Å²) in [6.07, 6.45) is 5.90. The zero-order chi connectivity index (χ0) is 9.61. The average Bonchev–Trinajstić information content (AvgIpc) is 1.96. The van der Waals surface area contributed by atoms with E-state index in [0.29, 0.717) is 0 Å². The van der Waals surface area contributed by atoms with Gasteiger partial charge in [0.25, 0.3) is 0 Å². The van der Waals surface area contributed by atoms with Crippen LogP contribution in [0.3, 0.4) is 0 Å². The van der Waals surface area contributed by atoms with Crippen LogP contribution in [0.5, 0.6) is 0 Å². The third-order valence-electron chi connectivity index (χ3n) is 1.95. The molecule has 0 heterocycles. The second-order valence-corrected chi connectivity index (χ2v) is 9.25. The Balaban J connectivity index is 3.66. The molecule has 0 saturated carbocycles. The van der Waals surface area contributed by atoms with E-state index in [0.717, 1.165) is 12.8 Å². The highest BCUT2D eigenvalue weighted by molar-refractivity contribution is 6.82. The molecule has 0 aromatic carbocycles. The standard InChI is InChI=1S/C10H20OSi/c1-10(12(2,3)4)8-6-5-7-9-11/h5,7,11H,1,6,8-9H2,2-4H3. The maximum Gasteiger partial charge on any atom is 0.0716 e. The molecule has 1 N–H and O–H groups in total. The maximum atomic E-state index is 8.49. The van der Waals surface area contributed by atoms with E-state index in [-0.39, 0.29) is 6.61 Å². The van der Waals surface area contributed by atoms with Gasteiger partial charge in [0.05, 0.1) is 14.7 Å². The van der Waals surface area contributed by atoms with Gasteiger partial charge >= 0.3 is 0 Å². The fourth-order valence-corrected chi connectivity index (χ4v) is 1.72. The van der Waals surface area contributed by atoms with E-state index < -0.39 is 8.07 Å². The van der Waals surface area contributed by atoms with E-state index in [1.165, 1.54) is 5.20 Å². The highest BCUT2D eigenvalue weighted by Gasteiger charge is 2.15. The van der Waals surface area contributed by atoms with Gasteiger partial charge in [-0.25, -0.2) is 0 Å². The molecule has 0 fully saturated rings. The molecule has 0 aliphatic carbocycles. The highest BCUT2D eigenvalue weighted by Crippen LogP contribution is 2.17. The molecule has 0 aliphatic heterocycles. The van der Waals surface area contributed by atoms with Gasteiger partial charge in [-0.2, -0.15) is 0 Å². The van der Waals surface area contributed by atoms with Crippen LogP contribution in [-0.4, -0.2) is 19.8 Å². The summed E-state index contributed by atoms with van der Waals surface area (Å²) >= 11 is 0. The molecule has 0 atom stereocenters. The van der Waals surface area contributed by atoms with Crippen LogP contribution in [0.25, 0.3) is 0 Å². The Bertz CT molecular complexity index is 165. The molecule has 0 rings (SSSR count). The largest absolute Gasteiger partial charge is 0.392 e. The molecule has 0 saturated heterocycles. The van der Waals surface area contributed by atoms with Crippen LogP contribution >= 0.6 is 0 Å². The molecule has 0 bridgehead atoms. The summed E-state index contributed by atoms with van der Waals surface area (Å²) in [5.41, 5.74) is 0. The van der Waals surface area contributed by atoms with Crippen molar-refractivity contribution in [1.82, 2.24) is 0 Å². The summed E-state index contributed by atoms with van der Waals surface area (Å²) in [7, 11) is -1.11. The molecule has 0 radical (unpaired) electrons. The molecule has 0 spiro atoms. The van der Waals surface area contributed by atoms with E-state index in [2.05, 4.69) is 26.2 Å². The summed E-state index contributed by atoms with van der Waals surface area (Å²) in [6, 6.07) is 0.